The van der Waals surface area contributed by atoms with Crippen LogP contribution in [0.15, 0.2) is 0 Å². The summed E-state index contributed by atoms with van der Waals surface area (Å²) in [4.78, 5) is 0. The monoisotopic (exact) mass is 472 g/mol. The SMILES string of the molecule is CCCCCCCCCCCCOCC(CCCCCCCCCC)OS(=O)(=O)[O-].[Na+]. The van der Waals surface area contributed by atoms with Crippen molar-refractivity contribution >= 4 is 10.4 Å². The average Bonchev–Trinajstić information content (AvgIpc) is 2.69. The molecular weight excluding hydrogens is 423 g/mol. The Morgan fingerprint density at radius 3 is 1.45 bits per heavy atom. The minimum absolute atomic E-state index is 0. The molecule has 182 valence electrons. The minimum Gasteiger partial charge on any atom is -0.726 e. The van der Waals surface area contributed by atoms with Gasteiger partial charge in [-0.15, -0.1) is 0 Å². The van der Waals surface area contributed by atoms with E-state index in [-0.39, 0.29) is 36.2 Å². The van der Waals surface area contributed by atoms with E-state index in [2.05, 4.69) is 18.0 Å². The Balaban J connectivity index is 0. The molecule has 0 fully saturated rings. The normalized spacial score (nSPS) is 12.6. The summed E-state index contributed by atoms with van der Waals surface area (Å²) in [5.74, 6) is 0. The Hall–Kier alpha value is 0.830. The van der Waals surface area contributed by atoms with Crippen molar-refractivity contribution < 1.29 is 51.4 Å². The molecule has 0 bridgehead atoms. The van der Waals surface area contributed by atoms with E-state index in [1.807, 2.05) is 0 Å². The molecule has 0 N–H and O–H groups in total. The second kappa shape index (κ2) is 25.5. The summed E-state index contributed by atoms with van der Waals surface area (Å²) in [5, 5.41) is 0. The summed E-state index contributed by atoms with van der Waals surface area (Å²) in [6.45, 7) is 5.25. The van der Waals surface area contributed by atoms with Gasteiger partial charge in [-0.25, -0.2) is 8.42 Å². The van der Waals surface area contributed by atoms with Gasteiger partial charge >= 0.3 is 29.6 Å². The van der Waals surface area contributed by atoms with Crippen LogP contribution in [0.1, 0.15) is 136 Å². The van der Waals surface area contributed by atoms with E-state index in [0.29, 0.717) is 13.0 Å². The van der Waals surface area contributed by atoms with Crippen molar-refractivity contribution in [3.05, 3.63) is 0 Å². The maximum absolute atomic E-state index is 11.0. The fourth-order valence-corrected chi connectivity index (χ4v) is 4.22. The molecule has 1 atom stereocenters. The van der Waals surface area contributed by atoms with Crippen molar-refractivity contribution in [1.29, 1.82) is 0 Å². The predicted octanol–water partition coefficient (Wildman–Crippen LogP) is 4.30. The standard InChI is InChI=1S/C24H50O5S.Na/c1-3-5-7-9-11-13-14-16-18-20-22-28-23-24(29-30(25,26)27)21-19-17-15-12-10-8-6-4-2;/h24H,3-23H2,1-2H3,(H,25,26,27);/q;+1/p-1. The van der Waals surface area contributed by atoms with E-state index in [0.717, 1.165) is 32.1 Å². The zero-order valence-corrected chi connectivity index (χ0v) is 23.7. The van der Waals surface area contributed by atoms with Crippen LogP contribution in [0.25, 0.3) is 0 Å². The maximum Gasteiger partial charge on any atom is 1.00 e. The Morgan fingerprint density at radius 2 is 1.03 bits per heavy atom. The van der Waals surface area contributed by atoms with Gasteiger partial charge < -0.3 is 9.29 Å². The van der Waals surface area contributed by atoms with Crippen molar-refractivity contribution in [2.45, 2.75) is 142 Å². The smallest absolute Gasteiger partial charge is 0.726 e. The summed E-state index contributed by atoms with van der Waals surface area (Å²) in [6, 6.07) is 0. The van der Waals surface area contributed by atoms with Crippen LogP contribution in [-0.4, -0.2) is 32.3 Å². The van der Waals surface area contributed by atoms with Crippen molar-refractivity contribution in [1.82, 2.24) is 0 Å². The fourth-order valence-electron chi connectivity index (χ4n) is 3.74. The first-order chi connectivity index (χ1) is 14.5. The van der Waals surface area contributed by atoms with Gasteiger partial charge in [0.15, 0.2) is 0 Å². The molecule has 0 saturated carbocycles. The van der Waals surface area contributed by atoms with E-state index in [1.54, 1.807) is 0 Å². The fraction of sp³-hybridized carbons (Fsp3) is 1.00. The predicted molar refractivity (Wildman–Crippen MR) is 124 cm³/mol. The number of ether oxygens (including phenoxy) is 1. The first-order valence-electron chi connectivity index (χ1n) is 12.7. The molecular formula is C24H49NaO5S. The van der Waals surface area contributed by atoms with Gasteiger partial charge in [-0.3, -0.25) is 4.18 Å². The Kier molecular flexibility index (Phi) is 27.9. The topological polar surface area (TPSA) is 75.7 Å². The molecule has 7 heteroatoms. The number of unbranched alkanes of at least 4 members (excludes halogenated alkanes) is 16. The summed E-state index contributed by atoms with van der Waals surface area (Å²) >= 11 is 0. The van der Waals surface area contributed by atoms with Crippen LogP contribution in [0.3, 0.4) is 0 Å². The minimum atomic E-state index is -4.68. The zero-order valence-electron chi connectivity index (χ0n) is 20.9. The summed E-state index contributed by atoms with van der Waals surface area (Å²) in [5.41, 5.74) is 0. The third-order valence-electron chi connectivity index (χ3n) is 5.58. The van der Waals surface area contributed by atoms with Gasteiger partial charge in [0.25, 0.3) is 0 Å². The second-order valence-corrected chi connectivity index (χ2v) is 9.66. The summed E-state index contributed by atoms with van der Waals surface area (Å²) in [7, 11) is -4.68. The van der Waals surface area contributed by atoms with Crippen LogP contribution in [0.4, 0.5) is 0 Å². The van der Waals surface area contributed by atoms with E-state index in [9.17, 15) is 13.0 Å². The third-order valence-corrected chi connectivity index (χ3v) is 6.09. The average molecular weight is 473 g/mol. The molecule has 0 heterocycles. The largest absolute Gasteiger partial charge is 1.00 e. The Bertz CT molecular complexity index is 445. The number of hydrogen-bond donors (Lipinski definition) is 0. The van der Waals surface area contributed by atoms with E-state index >= 15 is 0 Å². The van der Waals surface area contributed by atoms with Gasteiger partial charge in [0, 0.05) is 6.61 Å². The molecule has 0 radical (unpaired) electrons. The molecule has 1 unspecified atom stereocenters. The molecule has 31 heavy (non-hydrogen) atoms. The van der Waals surface area contributed by atoms with Gasteiger partial charge in [-0.1, -0.05) is 123 Å². The van der Waals surface area contributed by atoms with Crippen LogP contribution >= 0.6 is 0 Å². The number of rotatable bonds is 24. The van der Waals surface area contributed by atoms with E-state index < -0.39 is 16.5 Å². The van der Waals surface area contributed by atoms with Gasteiger partial charge in [0.05, 0.1) is 12.7 Å². The van der Waals surface area contributed by atoms with Crippen molar-refractivity contribution in [3.8, 4) is 0 Å². The van der Waals surface area contributed by atoms with Gasteiger partial charge in [-0.05, 0) is 12.8 Å². The van der Waals surface area contributed by atoms with Gasteiger partial charge in [-0.2, -0.15) is 0 Å². The second-order valence-electron chi connectivity index (χ2n) is 8.65. The zero-order chi connectivity index (χ0) is 22.3. The number of hydrogen-bond acceptors (Lipinski definition) is 5. The Labute approximate surface area is 216 Å². The van der Waals surface area contributed by atoms with Crippen molar-refractivity contribution in [3.63, 3.8) is 0 Å². The van der Waals surface area contributed by atoms with Crippen LogP contribution in [-0.2, 0) is 19.3 Å². The Morgan fingerprint density at radius 1 is 0.645 bits per heavy atom. The van der Waals surface area contributed by atoms with E-state index in [1.165, 1.54) is 83.5 Å². The molecule has 0 amide bonds. The molecule has 0 aromatic heterocycles. The van der Waals surface area contributed by atoms with Gasteiger partial charge in [0.1, 0.15) is 0 Å². The molecule has 0 aromatic rings. The van der Waals surface area contributed by atoms with E-state index in [4.69, 9.17) is 4.74 Å². The van der Waals surface area contributed by atoms with Crippen LogP contribution in [0, 0.1) is 0 Å². The third kappa shape index (κ3) is 28.8. The first kappa shape index (κ1) is 34.0. The van der Waals surface area contributed by atoms with Crippen molar-refractivity contribution in [2.75, 3.05) is 13.2 Å². The molecule has 0 aliphatic carbocycles. The summed E-state index contributed by atoms with van der Waals surface area (Å²) < 4.78 is 43.2. The molecule has 5 nitrogen and oxygen atoms in total. The molecule has 0 aromatic carbocycles. The van der Waals surface area contributed by atoms with Crippen LogP contribution < -0.4 is 29.6 Å². The molecule has 0 aliphatic heterocycles. The molecule has 0 spiro atoms. The van der Waals surface area contributed by atoms with Gasteiger partial charge in [0.2, 0.25) is 10.4 Å². The van der Waals surface area contributed by atoms with Crippen LogP contribution in [0.2, 0.25) is 0 Å². The first-order valence-corrected chi connectivity index (χ1v) is 14.0. The molecule has 0 rings (SSSR count). The molecule has 0 aliphatic rings. The summed E-state index contributed by atoms with van der Waals surface area (Å²) in [6.07, 6.45) is 22.0. The van der Waals surface area contributed by atoms with Crippen molar-refractivity contribution in [2.24, 2.45) is 0 Å². The molecule has 0 saturated heterocycles. The van der Waals surface area contributed by atoms with Crippen LogP contribution in [0.5, 0.6) is 0 Å². The quantitative estimate of drug-likeness (QED) is 0.0906. The maximum atomic E-state index is 11.0.